The van der Waals surface area contributed by atoms with Crippen molar-refractivity contribution in [1.82, 2.24) is 5.32 Å². The summed E-state index contributed by atoms with van der Waals surface area (Å²) in [4.78, 5) is 0. The Balaban J connectivity index is 2.07. The fraction of sp³-hybridized carbons (Fsp3) is 1.00. The molecule has 1 rings (SSSR count). The third kappa shape index (κ3) is 6.12. The number of rotatable bonds is 7. The number of hydrogen-bond donors (Lipinski definition) is 1. The average Bonchev–Trinajstić information content (AvgIpc) is 2.28. The van der Waals surface area contributed by atoms with Crippen LogP contribution >= 0.6 is 11.8 Å². The lowest BCUT2D eigenvalue weighted by atomic mass is 10.2. The van der Waals surface area contributed by atoms with Gasteiger partial charge >= 0.3 is 0 Å². The van der Waals surface area contributed by atoms with E-state index >= 15 is 0 Å². The van der Waals surface area contributed by atoms with E-state index in [-0.39, 0.29) is 0 Å². The van der Waals surface area contributed by atoms with Crippen LogP contribution in [0.25, 0.3) is 0 Å². The smallest absolute Gasteiger partial charge is 0.0476 e. The van der Waals surface area contributed by atoms with Crippen LogP contribution in [0.3, 0.4) is 0 Å². The van der Waals surface area contributed by atoms with E-state index in [4.69, 9.17) is 4.74 Å². The Morgan fingerprint density at radius 2 is 2.00 bits per heavy atom. The van der Waals surface area contributed by atoms with E-state index in [1.165, 1.54) is 25.7 Å². The van der Waals surface area contributed by atoms with Gasteiger partial charge < -0.3 is 10.1 Å². The zero-order valence-electron chi connectivity index (χ0n) is 11.0. The molecule has 0 bridgehead atoms. The highest BCUT2D eigenvalue weighted by molar-refractivity contribution is 8.00. The van der Waals surface area contributed by atoms with Crippen LogP contribution in [0.15, 0.2) is 0 Å². The van der Waals surface area contributed by atoms with E-state index in [1.807, 2.05) is 0 Å². The van der Waals surface area contributed by atoms with Crippen molar-refractivity contribution in [2.24, 2.45) is 0 Å². The summed E-state index contributed by atoms with van der Waals surface area (Å²) < 4.78 is 5.38. The minimum atomic E-state index is 0.669. The molecule has 0 saturated carbocycles. The van der Waals surface area contributed by atoms with Crippen molar-refractivity contribution in [3.63, 3.8) is 0 Å². The monoisotopic (exact) mass is 245 g/mol. The van der Waals surface area contributed by atoms with Gasteiger partial charge in [0.2, 0.25) is 0 Å². The summed E-state index contributed by atoms with van der Waals surface area (Å²) in [6.07, 6.45) is 5.03. The molecule has 1 aliphatic rings. The molecular formula is C13H27NOS. The van der Waals surface area contributed by atoms with E-state index in [9.17, 15) is 0 Å². The highest BCUT2D eigenvalue weighted by atomic mass is 32.2. The first kappa shape index (κ1) is 14.3. The minimum Gasteiger partial charge on any atom is -0.381 e. The van der Waals surface area contributed by atoms with Crippen LogP contribution in [0.1, 0.15) is 46.5 Å². The summed E-state index contributed by atoms with van der Waals surface area (Å²) in [5, 5.41) is 5.17. The van der Waals surface area contributed by atoms with Gasteiger partial charge in [0.15, 0.2) is 0 Å². The molecule has 0 amide bonds. The first-order valence-electron chi connectivity index (χ1n) is 6.69. The summed E-state index contributed by atoms with van der Waals surface area (Å²) in [7, 11) is 0. The molecule has 1 aliphatic heterocycles. The van der Waals surface area contributed by atoms with Gasteiger partial charge in [-0.15, -0.1) is 0 Å². The van der Waals surface area contributed by atoms with E-state index < -0.39 is 0 Å². The van der Waals surface area contributed by atoms with Crippen molar-refractivity contribution in [2.75, 3.05) is 19.8 Å². The van der Waals surface area contributed by atoms with Gasteiger partial charge in [0.25, 0.3) is 0 Å². The molecule has 1 saturated heterocycles. The van der Waals surface area contributed by atoms with Gasteiger partial charge in [0.05, 0.1) is 0 Å². The van der Waals surface area contributed by atoms with Crippen LogP contribution < -0.4 is 5.32 Å². The molecule has 2 nitrogen and oxygen atoms in total. The zero-order valence-corrected chi connectivity index (χ0v) is 11.8. The summed E-state index contributed by atoms with van der Waals surface area (Å²) in [6.45, 7) is 9.94. The lowest BCUT2D eigenvalue weighted by Gasteiger charge is -2.25. The predicted molar refractivity (Wildman–Crippen MR) is 73.3 cm³/mol. The molecular weight excluding hydrogens is 218 g/mol. The van der Waals surface area contributed by atoms with Gasteiger partial charge in [-0.05, 0) is 26.2 Å². The zero-order chi connectivity index (χ0) is 11.8. The maximum Gasteiger partial charge on any atom is 0.0476 e. The van der Waals surface area contributed by atoms with Crippen molar-refractivity contribution >= 4 is 11.8 Å². The second kappa shape index (κ2) is 8.37. The highest BCUT2D eigenvalue weighted by Crippen LogP contribution is 2.25. The fourth-order valence-electron chi connectivity index (χ4n) is 2.09. The molecule has 3 heteroatoms. The summed E-state index contributed by atoms with van der Waals surface area (Å²) in [5.41, 5.74) is 0. The maximum atomic E-state index is 5.38. The lowest BCUT2D eigenvalue weighted by Crippen LogP contribution is -2.32. The first-order valence-corrected chi connectivity index (χ1v) is 7.63. The van der Waals surface area contributed by atoms with Crippen LogP contribution in [0.4, 0.5) is 0 Å². The second-order valence-electron chi connectivity index (χ2n) is 4.86. The molecule has 0 radical (unpaired) electrons. The number of hydrogen-bond acceptors (Lipinski definition) is 3. The predicted octanol–water partition coefficient (Wildman–Crippen LogP) is 3.07. The Morgan fingerprint density at radius 3 is 2.62 bits per heavy atom. The molecule has 0 aromatic heterocycles. The maximum absolute atomic E-state index is 5.38. The van der Waals surface area contributed by atoms with Crippen LogP contribution in [0, 0.1) is 0 Å². The van der Waals surface area contributed by atoms with Crippen molar-refractivity contribution in [2.45, 2.75) is 63.0 Å². The largest absolute Gasteiger partial charge is 0.381 e. The third-order valence-corrected chi connectivity index (χ3v) is 4.56. The van der Waals surface area contributed by atoms with Crippen LogP contribution in [0.5, 0.6) is 0 Å². The van der Waals surface area contributed by atoms with Gasteiger partial charge in [-0.3, -0.25) is 0 Å². The Hall–Kier alpha value is 0.270. The number of ether oxygens (including phenoxy) is 1. The minimum absolute atomic E-state index is 0.669. The lowest BCUT2D eigenvalue weighted by molar-refractivity contribution is 0.0999. The van der Waals surface area contributed by atoms with Crippen LogP contribution in [0.2, 0.25) is 0 Å². The van der Waals surface area contributed by atoms with Crippen molar-refractivity contribution in [1.29, 1.82) is 0 Å². The fourth-order valence-corrected chi connectivity index (χ4v) is 3.41. The molecule has 1 fully saturated rings. The molecule has 16 heavy (non-hydrogen) atoms. The van der Waals surface area contributed by atoms with Gasteiger partial charge in [0, 0.05) is 36.3 Å². The second-order valence-corrected chi connectivity index (χ2v) is 6.60. The molecule has 1 N–H and O–H groups in total. The summed E-state index contributed by atoms with van der Waals surface area (Å²) >= 11 is 2.14. The molecule has 0 aromatic carbocycles. The number of thioether (sulfide) groups is 1. The van der Waals surface area contributed by atoms with Gasteiger partial charge in [-0.25, -0.2) is 0 Å². The van der Waals surface area contributed by atoms with E-state index in [0.717, 1.165) is 30.3 Å². The van der Waals surface area contributed by atoms with E-state index in [2.05, 4.69) is 37.8 Å². The Labute approximate surface area is 105 Å². The topological polar surface area (TPSA) is 21.3 Å². The molecule has 0 aromatic rings. The van der Waals surface area contributed by atoms with Crippen molar-refractivity contribution < 1.29 is 4.74 Å². The molecule has 0 spiro atoms. The van der Waals surface area contributed by atoms with Gasteiger partial charge in [0.1, 0.15) is 0 Å². The summed E-state index contributed by atoms with van der Waals surface area (Å²) in [6, 6.07) is 0.669. The molecule has 2 atom stereocenters. The average molecular weight is 245 g/mol. The Morgan fingerprint density at radius 1 is 1.31 bits per heavy atom. The normalized spacial score (nSPS) is 21.9. The first-order chi connectivity index (χ1) is 7.72. The van der Waals surface area contributed by atoms with Crippen molar-refractivity contribution in [3.05, 3.63) is 0 Å². The third-order valence-electron chi connectivity index (χ3n) is 3.07. The van der Waals surface area contributed by atoms with Crippen molar-refractivity contribution in [3.8, 4) is 0 Å². The van der Waals surface area contributed by atoms with Gasteiger partial charge in [-0.2, -0.15) is 11.8 Å². The van der Waals surface area contributed by atoms with E-state index in [0.29, 0.717) is 6.04 Å². The summed E-state index contributed by atoms with van der Waals surface area (Å²) in [5.74, 6) is 0. The molecule has 96 valence electrons. The van der Waals surface area contributed by atoms with E-state index in [1.54, 1.807) is 0 Å². The standard InChI is InChI=1S/C13H27NOS/c1-4-5-11(2)14-10-12(3)16-13-6-8-15-9-7-13/h11-14H,4-10H2,1-3H3. The van der Waals surface area contributed by atoms with Crippen LogP contribution in [-0.2, 0) is 4.74 Å². The van der Waals surface area contributed by atoms with Gasteiger partial charge in [-0.1, -0.05) is 20.3 Å². The SMILES string of the molecule is CCCC(C)NCC(C)SC1CCOCC1. The molecule has 0 aliphatic carbocycles. The van der Waals surface area contributed by atoms with Crippen LogP contribution in [-0.4, -0.2) is 36.3 Å². The Bertz CT molecular complexity index is 171. The Kier molecular flexibility index (Phi) is 7.50. The quantitative estimate of drug-likeness (QED) is 0.745. The molecule has 1 heterocycles. The molecule has 2 unspecified atom stereocenters. The number of nitrogens with one attached hydrogen (secondary N) is 1. The highest BCUT2D eigenvalue weighted by Gasteiger charge is 2.17.